The van der Waals surface area contributed by atoms with E-state index in [9.17, 15) is 14.4 Å². The van der Waals surface area contributed by atoms with Crippen LogP contribution < -0.4 is 0 Å². The van der Waals surface area contributed by atoms with Crippen molar-refractivity contribution in [3.05, 3.63) is 24.3 Å². The first kappa shape index (κ1) is 40.5. The van der Waals surface area contributed by atoms with E-state index < -0.39 is 5.92 Å². The van der Waals surface area contributed by atoms with Crippen molar-refractivity contribution in [2.24, 2.45) is 5.92 Å². The molecule has 1 atom stereocenters. The van der Waals surface area contributed by atoms with Crippen LogP contribution in [-0.2, 0) is 14.4 Å². The molecule has 0 spiro atoms. The second-order valence-electron chi connectivity index (χ2n) is 12.6. The summed E-state index contributed by atoms with van der Waals surface area (Å²) in [6.45, 7) is 4.52. The van der Waals surface area contributed by atoms with E-state index in [1.807, 2.05) is 0 Å². The van der Waals surface area contributed by atoms with Crippen molar-refractivity contribution in [2.45, 2.75) is 200 Å². The van der Waals surface area contributed by atoms with Crippen molar-refractivity contribution in [3.63, 3.8) is 0 Å². The van der Waals surface area contributed by atoms with E-state index in [4.69, 9.17) is 0 Å². The maximum atomic E-state index is 12.5. The fourth-order valence-corrected chi connectivity index (χ4v) is 5.53. The van der Waals surface area contributed by atoms with E-state index in [1.165, 1.54) is 116 Å². The van der Waals surface area contributed by atoms with Gasteiger partial charge in [-0.3, -0.25) is 9.59 Å². The van der Waals surface area contributed by atoms with E-state index in [0.29, 0.717) is 19.1 Å². The molecule has 0 saturated heterocycles. The molecule has 244 valence electrons. The van der Waals surface area contributed by atoms with Crippen LogP contribution in [0.3, 0.4) is 0 Å². The highest BCUT2D eigenvalue weighted by atomic mass is 16.1. The Balaban J connectivity index is 3.62. The van der Waals surface area contributed by atoms with E-state index in [1.54, 1.807) is 0 Å². The zero-order chi connectivity index (χ0) is 30.8. The van der Waals surface area contributed by atoms with Crippen molar-refractivity contribution >= 4 is 17.9 Å². The van der Waals surface area contributed by atoms with Crippen LogP contribution in [0.25, 0.3) is 0 Å². The highest BCUT2D eigenvalue weighted by Gasteiger charge is 2.20. The summed E-state index contributed by atoms with van der Waals surface area (Å²) in [5.74, 6) is -0.694. The molecule has 0 aliphatic rings. The van der Waals surface area contributed by atoms with Crippen molar-refractivity contribution in [1.82, 2.24) is 0 Å². The zero-order valence-corrected chi connectivity index (χ0v) is 28.2. The molecule has 3 nitrogen and oxygen atoms in total. The van der Waals surface area contributed by atoms with Gasteiger partial charge in [-0.1, -0.05) is 141 Å². The molecule has 0 aliphatic carbocycles. The number of unbranched alkanes of at least 4 members (excludes halogenated alkanes) is 22. The largest absolute Gasteiger partial charge is 0.303 e. The van der Waals surface area contributed by atoms with Gasteiger partial charge in [-0.05, 0) is 64.2 Å². The third kappa shape index (κ3) is 30.0. The molecular formula is C39H70O3. The van der Waals surface area contributed by atoms with E-state index in [2.05, 4.69) is 38.2 Å². The highest BCUT2D eigenvalue weighted by Crippen LogP contribution is 2.15. The average Bonchev–Trinajstić information content (AvgIpc) is 2.99. The molecule has 42 heavy (non-hydrogen) atoms. The number of Topliss-reactive ketones (excluding diaryl/α,β-unsaturated/α-hetero) is 2. The summed E-state index contributed by atoms with van der Waals surface area (Å²) in [5, 5.41) is 0. The van der Waals surface area contributed by atoms with Crippen LogP contribution in [0.1, 0.15) is 200 Å². The first-order valence-electron chi connectivity index (χ1n) is 18.4. The van der Waals surface area contributed by atoms with Crippen LogP contribution in [0.15, 0.2) is 24.3 Å². The van der Waals surface area contributed by atoms with Crippen LogP contribution in [-0.4, -0.2) is 17.9 Å². The fourth-order valence-electron chi connectivity index (χ4n) is 5.53. The lowest BCUT2D eigenvalue weighted by atomic mass is 9.93. The van der Waals surface area contributed by atoms with Gasteiger partial charge in [0.2, 0.25) is 0 Å². The second-order valence-corrected chi connectivity index (χ2v) is 12.6. The van der Waals surface area contributed by atoms with Gasteiger partial charge in [0.15, 0.2) is 0 Å². The second kappa shape index (κ2) is 34.0. The van der Waals surface area contributed by atoms with E-state index in [0.717, 1.165) is 51.4 Å². The number of ketones is 2. The van der Waals surface area contributed by atoms with Gasteiger partial charge in [0.05, 0.1) is 5.92 Å². The lowest BCUT2D eigenvalue weighted by Crippen LogP contribution is -2.19. The maximum Gasteiger partial charge on any atom is 0.143 e. The van der Waals surface area contributed by atoms with Gasteiger partial charge < -0.3 is 4.79 Å². The van der Waals surface area contributed by atoms with Crippen LogP contribution in [0.4, 0.5) is 0 Å². The minimum atomic E-state index is -0.725. The SMILES string of the molecule is CCCCCCCC/C=C\CCCCCCCC(=O)CC(C=O)C(=O)CCCCCCC/C=C\CCCCCCCC. The standard InChI is InChI=1S/C39H70O3/c1-3-5-7-9-11-13-15-17-19-21-23-25-27-29-31-33-38(41)35-37(36-40)39(42)34-32-30-28-26-24-22-20-18-16-14-12-10-8-6-4-2/h17-20,36-37H,3-16,21-35H2,1-2H3/b19-17-,20-18-. The number of carbonyl (C=O) groups excluding carboxylic acids is 3. The van der Waals surface area contributed by atoms with Crippen molar-refractivity contribution in [1.29, 1.82) is 0 Å². The Hall–Kier alpha value is -1.51. The number of allylic oxidation sites excluding steroid dienone is 4. The third-order valence-electron chi connectivity index (χ3n) is 8.43. The molecule has 0 aliphatic heterocycles. The lowest BCUT2D eigenvalue weighted by molar-refractivity contribution is -0.132. The average molecular weight is 587 g/mol. The molecular weight excluding hydrogens is 516 g/mol. The predicted octanol–water partition coefficient (Wildman–Crippen LogP) is 12.4. The molecule has 0 heterocycles. The molecule has 0 bridgehead atoms. The highest BCUT2D eigenvalue weighted by molar-refractivity contribution is 5.97. The van der Waals surface area contributed by atoms with Gasteiger partial charge in [0, 0.05) is 19.3 Å². The normalized spacial score (nSPS) is 12.4. The van der Waals surface area contributed by atoms with Crippen LogP contribution >= 0.6 is 0 Å². The van der Waals surface area contributed by atoms with Crippen molar-refractivity contribution in [2.75, 3.05) is 0 Å². The Morgan fingerprint density at radius 3 is 1.17 bits per heavy atom. The van der Waals surface area contributed by atoms with Crippen molar-refractivity contribution in [3.8, 4) is 0 Å². The molecule has 0 amide bonds. The van der Waals surface area contributed by atoms with E-state index >= 15 is 0 Å². The lowest BCUT2D eigenvalue weighted by Gasteiger charge is -2.09. The molecule has 0 N–H and O–H groups in total. The minimum Gasteiger partial charge on any atom is -0.303 e. The number of hydrogen-bond donors (Lipinski definition) is 0. The van der Waals surface area contributed by atoms with Gasteiger partial charge in [0.1, 0.15) is 17.9 Å². The molecule has 0 aromatic carbocycles. The van der Waals surface area contributed by atoms with Gasteiger partial charge in [0.25, 0.3) is 0 Å². The number of rotatable bonds is 34. The Labute approximate surface area is 262 Å². The quantitative estimate of drug-likeness (QED) is 0.0326. The molecule has 0 aromatic heterocycles. The molecule has 3 heteroatoms. The number of hydrogen-bond acceptors (Lipinski definition) is 3. The summed E-state index contributed by atoms with van der Waals surface area (Å²) in [7, 11) is 0. The Bertz CT molecular complexity index is 663. The van der Waals surface area contributed by atoms with Crippen LogP contribution in [0.5, 0.6) is 0 Å². The van der Waals surface area contributed by atoms with Crippen molar-refractivity contribution < 1.29 is 14.4 Å². The monoisotopic (exact) mass is 587 g/mol. The van der Waals surface area contributed by atoms with Gasteiger partial charge in [-0.25, -0.2) is 0 Å². The topological polar surface area (TPSA) is 51.2 Å². The molecule has 1 unspecified atom stereocenters. The summed E-state index contributed by atoms with van der Waals surface area (Å²) < 4.78 is 0. The Kier molecular flexibility index (Phi) is 32.8. The van der Waals surface area contributed by atoms with Gasteiger partial charge in [-0.2, -0.15) is 0 Å². The molecule has 0 rings (SSSR count). The van der Waals surface area contributed by atoms with Gasteiger partial charge in [-0.15, -0.1) is 0 Å². The summed E-state index contributed by atoms with van der Waals surface area (Å²) in [6, 6.07) is 0. The van der Waals surface area contributed by atoms with Crippen LogP contribution in [0.2, 0.25) is 0 Å². The molecule has 0 fully saturated rings. The van der Waals surface area contributed by atoms with Gasteiger partial charge >= 0.3 is 0 Å². The first-order valence-corrected chi connectivity index (χ1v) is 18.4. The number of carbonyl (C=O) groups is 3. The summed E-state index contributed by atoms with van der Waals surface area (Å²) >= 11 is 0. The maximum absolute atomic E-state index is 12.5. The summed E-state index contributed by atoms with van der Waals surface area (Å²) in [5.41, 5.74) is 0. The predicted molar refractivity (Wildman–Crippen MR) is 183 cm³/mol. The first-order chi connectivity index (χ1) is 20.7. The fraction of sp³-hybridized carbons (Fsp3) is 0.821. The summed E-state index contributed by atoms with van der Waals surface area (Å²) in [4.78, 5) is 36.3. The van der Waals surface area contributed by atoms with E-state index in [-0.39, 0.29) is 18.0 Å². The molecule has 0 aromatic rings. The smallest absolute Gasteiger partial charge is 0.143 e. The van der Waals surface area contributed by atoms with Crippen LogP contribution in [0, 0.1) is 5.92 Å². The summed E-state index contributed by atoms with van der Waals surface area (Å²) in [6.07, 6.45) is 43.1. The number of aldehydes is 1. The molecule has 0 radical (unpaired) electrons. The Morgan fingerprint density at radius 1 is 0.452 bits per heavy atom. The third-order valence-corrected chi connectivity index (χ3v) is 8.43. The molecule has 0 saturated carbocycles. The zero-order valence-electron chi connectivity index (χ0n) is 28.2. The Morgan fingerprint density at radius 2 is 0.786 bits per heavy atom. The minimum absolute atomic E-state index is 0.0412.